The average Bonchev–Trinajstić information content (AvgIpc) is 2.54. The molecule has 0 atom stereocenters. The number of amides is 2. The Morgan fingerprint density at radius 1 is 0.917 bits per heavy atom. The molecule has 2 aromatic rings. The molecule has 0 aliphatic carbocycles. The molecule has 0 saturated heterocycles. The third-order valence-corrected chi connectivity index (χ3v) is 3.32. The Balaban J connectivity index is 2.01. The zero-order valence-corrected chi connectivity index (χ0v) is 14.0. The number of benzene rings is 2. The summed E-state index contributed by atoms with van der Waals surface area (Å²) in [6, 6.07) is 13.7. The highest BCUT2D eigenvalue weighted by Crippen LogP contribution is 2.14. The lowest BCUT2D eigenvalue weighted by Gasteiger charge is -2.19. The Labute approximate surface area is 148 Å². The van der Waals surface area contributed by atoms with E-state index < -0.39 is 11.8 Å². The maximum absolute atomic E-state index is 11.8. The Morgan fingerprint density at radius 3 is 1.75 bits per heavy atom. The zero-order valence-electron chi connectivity index (χ0n) is 12.4. The molecule has 2 rings (SSSR count). The van der Waals surface area contributed by atoms with Gasteiger partial charge in [0.15, 0.2) is 0 Å². The van der Waals surface area contributed by atoms with E-state index in [1.54, 1.807) is 48.5 Å². The lowest BCUT2D eigenvalue weighted by Crippen LogP contribution is -2.40. The molecule has 126 valence electrons. The molecule has 0 saturated carbocycles. The molecule has 2 N–H and O–H groups in total. The molecule has 8 heteroatoms. The molecule has 0 aromatic heterocycles. The van der Waals surface area contributed by atoms with Crippen LogP contribution in [0.5, 0.6) is 0 Å². The van der Waals surface area contributed by atoms with E-state index in [-0.39, 0.29) is 13.2 Å². The predicted octanol–water partition coefficient (Wildman–Crippen LogP) is 2.87. The molecule has 0 aliphatic rings. The molecule has 2 aromatic carbocycles. The highest BCUT2D eigenvalue weighted by Gasteiger charge is 2.22. The predicted molar refractivity (Wildman–Crippen MR) is 88.5 cm³/mol. The third-order valence-electron chi connectivity index (χ3n) is 2.85. The van der Waals surface area contributed by atoms with Gasteiger partial charge in [0.1, 0.15) is 13.2 Å². The first-order valence-electron chi connectivity index (χ1n) is 6.84. The second-order valence-corrected chi connectivity index (χ2v) is 5.61. The maximum atomic E-state index is 11.8. The van der Waals surface area contributed by atoms with Crippen LogP contribution in [0.15, 0.2) is 48.5 Å². The highest BCUT2D eigenvalue weighted by molar-refractivity contribution is 6.33. The van der Waals surface area contributed by atoms with Crippen LogP contribution in [-0.2, 0) is 32.5 Å². The van der Waals surface area contributed by atoms with Crippen LogP contribution in [0, 0.1) is 0 Å². The van der Waals surface area contributed by atoms with Crippen molar-refractivity contribution in [3.05, 3.63) is 69.7 Å². The van der Waals surface area contributed by atoms with Crippen molar-refractivity contribution in [3.8, 4) is 0 Å². The van der Waals surface area contributed by atoms with Gasteiger partial charge in [0.25, 0.3) is 0 Å². The number of halogens is 2. The fourth-order valence-corrected chi connectivity index (χ4v) is 2.19. The number of carbonyl (C=O) groups is 2. The summed E-state index contributed by atoms with van der Waals surface area (Å²) >= 11 is 11.8. The largest absolute Gasteiger partial charge is 0.361 e. The molecule has 6 nitrogen and oxygen atoms in total. The molecule has 2 amide bonds. The van der Waals surface area contributed by atoms with Crippen LogP contribution < -0.4 is 5.73 Å². The zero-order chi connectivity index (χ0) is 17.5. The average molecular weight is 369 g/mol. The summed E-state index contributed by atoms with van der Waals surface area (Å²) < 4.78 is 0. The minimum Gasteiger partial charge on any atom is -0.361 e. The minimum atomic E-state index is -1.20. The van der Waals surface area contributed by atoms with Crippen LogP contribution in [0.2, 0.25) is 10.0 Å². The Hall–Kier alpha value is -2.12. The molecule has 0 radical (unpaired) electrons. The van der Waals surface area contributed by atoms with Crippen molar-refractivity contribution >= 4 is 35.0 Å². The van der Waals surface area contributed by atoms with Crippen LogP contribution >= 0.6 is 23.2 Å². The summed E-state index contributed by atoms with van der Waals surface area (Å²) in [7, 11) is 0. The Morgan fingerprint density at radius 2 is 1.38 bits per heavy atom. The summed E-state index contributed by atoms with van der Waals surface area (Å²) in [5.74, 6) is -2.33. The van der Waals surface area contributed by atoms with Crippen molar-refractivity contribution in [2.45, 2.75) is 13.2 Å². The van der Waals surface area contributed by atoms with E-state index in [0.29, 0.717) is 26.4 Å². The van der Waals surface area contributed by atoms with Gasteiger partial charge in [-0.25, -0.2) is 9.68 Å². The second kappa shape index (κ2) is 8.65. The van der Waals surface area contributed by atoms with Crippen molar-refractivity contribution in [1.82, 2.24) is 5.23 Å². The number of rotatable bonds is 6. The van der Waals surface area contributed by atoms with Gasteiger partial charge in [-0.1, -0.05) is 52.7 Å². The quantitative estimate of drug-likeness (QED) is 0.627. The molecule has 0 aliphatic heterocycles. The third kappa shape index (κ3) is 5.50. The number of carbonyl (C=O) groups excluding carboxylic acids is 2. The van der Waals surface area contributed by atoms with Gasteiger partial charge in [-0.15, -0.1) is 0 Å². The molecular formula is C16H14Cl2N2O4. The van der Waals surface area contributed by atoms with Gasteiger partial charge in [0.05, 0.1) is 0 Å². The summed E-state index contributed by atoms with van der Waals surface area (Å²) in [5, 5.41) is 1.50. The van der Waals surface area contributed by atoms with Crippen LogP contribution in [0.4, 0.5) is 0 Å². The lowest BCUT2D eigenvalue weighted by atomic mass is 10.2. The summed E-state index contributed by atoms with van der Waals surface area (Å²) in [6.45, 7) is -0.0652. The van der Waals surface area contributed by atoms with Gasteiger partial charge in [-0.2, -0.15) is 0 Å². The van der Waals surface area contributed by atoms with Crippen molar-refractivity contribution in [2.24, 2.45) is 5.73 Å². The smallest absolute Gasteiger partial charge is 0.361 e. The van der Waals surface area contributed by atoms with Crippen molar-refractivity contribution in [1.29, 1.82) is 0 Å². The molecule has 24 heavy (non-hydrogen) atoms. The summed E-state index contributed by atoms with van der Waals surface area (Å²) in [4.78, 5) is 33.3. The van der Waals surface area contributed by atoms with Crippen molar-refractivity contribution < 1.29 is 19.3 Å². The van der Waals surface area contributed by atoms with Gasteiger partial charge in [0, 0.05) is 10.0 Å². The first-order chi connectivity index (χ1) is 11.5. The van der Waals surface area contributed by atoms with Gasteiger partial charge in [0.2, 0.25) is 0 Å². The Kier molecular flexibility index (Phi) is 6.57. The van der Waals surface area contributed by atoms with E-state index in [1.165, 1.54) is 0 Å². The molecule has 0 heterocycles. The van der Waals surface area contributed by atoms with E-state index in [1.807, 2.05) is 0 Å². The van der Waals surface area contributed by atoms with Crippen molar-refractivity contribution in [3.63, 3.8) is 0 Å². The molecule has 0 spiro atoms. The minimum absolute atomic E-state index is 0.0326. The SMILES string of the molecule is NC(=O)C(=O)N(OCc1cccc(Cl)c1)OCc1cccc(Cl)c1. The van der Waals surface area contributed by atoms with E-state index >= 15 is 0 Å². The highest BCUT2D eigenvalue weighted by atomic mass is 35.5. The maximum Gasteiger partial charge on any atom is 0.361 e. The monoisotopic (exact) mass is 368 g/mol. The van der Waals surface area contributed by atoms with Crippen LogP contribution in [-0.4, -0.2) is 17.0 Å². The normalized spacial score (nSPS) is 10.4. The van der Waals surface area contributed by atoms with E-state index in [0.717, 1.165) is 0 Å². The lowest BCUT2D eigenvalue weighted by molar-refractivity contribution is -0.350. The standard InChI is InChI=1S/C16H14Cl2N2O4/c17-13-5-1-3-11(7-13)9-23-20(16(22)15(19)21)24-10-12-4-2-6-14(18)8-12/h1-8H,9-10H2,(H2,19,21). The molecule has 0 bridgehead atoms. The van der Waals surface area contributed by atoms with Crippen LogP contribution in [0.1, 0.15) is 11.1 Å². The fourth-order valence-electron chi connectivity index (χ4n) is 1.76. The number of nitrogens with two attached hydrogens (primary N) is 1. The fraction of sp³-hybridized carbons (Fsp3) is 0.125. The number of primary amides is 1. The second-order valence-electron chi connectivity index (χ2n) is 4.73. The number of hydrogen-bond donors (Lipinski definition) is 1. The van der Waals surface area contributed by atoms with Gasteiger partial charge < -0.3 is 5.73 Å². The summed E-state index contributed by atoms with van der Waals surface area (Å²) in [6.07, 6.45) is 0. The van der Waals surface area contributed by atoms with E-state index in [4.69, 9.17) is 38.6 Å². The number of hydroxylamine groups is 2. The first kappa shape index (κ1) is 18.2. The number of hydrogen-bond acceptors (Lipinski definition) is 4. The van der Waals surface area contributed by atoms with Gasteiger partial charge >= 0.3 is 11.8 Å². The first-order valence-corrected chi connectivity index (χ1v) is 7.60. The van der Waals surface area contributed by atoms with Gasteiger partial charge in [-0.05, 0) is 35.4 Å². The van der Waals surface area contributed by atoms with Crippen LogP contribution in [0.3, 0.4) is 0 Å². The molecular weight excluding hydrogens is 355 g/mol. The van der Waals surface area contributed by atoms with Gasteiger partial charge in [-0.3, -0.25) is 9.59 Å². The Bertz CT molecular complexity index is 690. The molecule has 0 fully saturated rings. The topological polar surface area (TPSA) is 81.9 Å². The molecule has 0 unspecified atom stereocenters. The van der Waals surface area contributed by atoms with E-state index in [9.17, 15) is 9.59 Å². The van der Waals surface area contributed by atoms with Crippen LogP contribution in [0.25, 0.3) is 0 Å². The summed E-state index contributed by atoms with van der Waals surface area (Å²) in [5.41, 5.74) is 6.37. The number of nitrogens with zero attached hydrogens (tertiary/aromatic N) is 1. The van der Waals surface area contributed by atoms with Crippen molar-refractivity contribution in [2.75, 3.05) is 0 Å². The van der Waals surface area contributed by atoms with E-state index in [2.05, 4.69) is 0 Å².